The lowest BCUT2D eigenvalue weighted by molar-refractivity contribution is -0.162. The molecule has 4 heteroatoms. The number of ether oxygens (including phenoxy) is 1. The number of rotatable bonds is 8. The molecule has 24 heavy (non-hydrogen) atoms. The lowest BCUT2D eigenvalue weighted by Gasteiger charge is -2.34. The summed E-state index contributed by atoms with van der Waals surface area (Å²) >= 11 is 0. The van der Waals surface area contributed by atoms with Crippen LogP contribution in [-0.4, -0.2) is 17.0 Å². The Bertz CT molecular complexity index is 587. The van der Waals surface area contributed by atoms with Crippen molar-refractivity contribution in [2.45, 2.75) is 52.1 Å². The standard InChI is InChI=1S/C20H26O4/c1-15(2)12-20(19(22)23,17-10-6-7-11-17)13-18(21)24-14-16-8-4-3-5-9-16/h3-5,8-9,17H,1,6-7,10-14H2,2H3,(H,22,23)/t20-/m0/s1. The maximum absolute atomic E-state index is 12.4. The summed E-state index contributed by atoms with van der Waals surface area (Å²) < 4.78 is 5.34. The molecule has 0 aliphatic heterocycles. The lowest BCUT2D eigenvalue weighted by atomic mass is 9.68. The molecule has 0 spiro atoms. The number of hydrogen-bond acceptors (Lipinski definition) is 3. The van der Waals surface area contributed by atoms with Crippen molar-refractivity contribution in [1.82, 2.24) is 0 Å². The average molecular weight is 330 g/mol. The second-order valence-electron chi connectivity index (χ2n) is 6.90. The van der Waals surface area contributed by atoms with E-state index in [1.807, 2.05) is 37.3 Å². The van der Waals surface area contributed by atoms with Crippen molar-refractivity contribution in [3.8, 4) is 0 Å². The number of carbonyl (C=O) groups is 2. The molecule has 1 N–H and O–H groups in total. The monoisotopic (exact) mass is 330 g/mol. The van der Waals surface area contributed by atoms with Gasteiger partial charge in [-0.3, -0.25) is 9.59 Å². The van der Waals surface area contributed by atoms with Gasteiger partial charge in [0.2, 0.25) is 0 Å². The second kappa shape index (κ2) is 8.13. The number of hydrogen-bond donors (Lipinski definition) is 1. The van der Waals surface area contributed by atoms with Crippen molar-refractivity contribution in [3.05, 3.63) is 48.0 Å². The minimum atomic E-state index is -1.09. The van der Waals surface area contributed by atoms with Gasteiger partial charge in [-0.25, -0.2) is 0 Å². The molecule has 0 heterocycles. The van der Waals surface area contributed by atoms with E-state index in [4.69, 9.17) is 4.74 Å². The van der Waals surface area contributed by atoms with Gasteiger partial charge in [0, 0.05) is 0 Å². The molecule has 1 atom stereocenters. The van der Waals surface area contributed by atoms with Gasteiger partial charge in [0.05, 0.1) is 11.8 Å². The van der Waals surface area contributed by atoms with E-state index in [0.29, 0.717) is 6.42 Å². The maximum atomic E-state index is 12.4. The maximum Gasteiger partial charge on any atom is 0.310 e. The van der Waals surface area contributed by atoms with Gasteiger partial charge < -0.3 is 9.84 Å². The van der Waals surface area contributed by atoms with Crippen molar-refractivity contribution >= 4 is 11.9 Å². The van der Waals surface area contributed by atoms with Gasteiger partial charge >= 0.3 is 11.9 Å². The van der Waals surface area contributed by atoms with E-state index in [1.165, 1.54) is 0 Å². The first kappa shape index (κ1) is 18.2. The van der Waals surface area contributed by atoms with Crippen LogP contribution in [-0.2, 0) is 20.9 Å². The minimum absolute atomic E-state index is 0.0102. The van der Waals surface area contributed by atoms with Gasteiger partial charge in [0.1, 0.15) is 6.61 Å². The number of carbonyl (C=O) groups excluding carboxylic acids is 1. The van der Waals surface area contributed by atoms with Crippen LogP contribution < -0.4 is 0 Å². The fraction of sp³-hybridized carbons (Fsp3) is 0.500. The quantitative estimate of drug-likeness (QED) is 0.568. The predicted molar refractivity (Wildman–Crippen MR) is 92.3 cm³/mol. The van der Waals surface area contributed by atoms with Gasteiger partial charge in [0.25, 0.3) is 0 Å². The van der Waals surface area contributed by atoms with Crippen LogP contribution in [0.15, 0.2) is 42.5 Å². The van der Waals surface area contributed by atoms with E-state index >= 15 is 0 Å². The van der Waals surface area contributed by atoms with E-state index in [2.05, 4.69) is 6.58 Å². The zero-order chi connectivity index (χ0) is 17.6. The van der Waals surface area contributed by atoms with Crippen molar-refractivity contribution < 1.29 is 19.4 Å². The third-order valence-corrected chi connectivity index (χ3v) is 4.88. The van der Waals surface area contributed by atoms with Crippen molar-refractivity contribution in [3.63, 3.8) is 0 Å². The Kier molecular flexibility index (Phi) is 6.18. The molecule has 1 saturated carbocycles. The summed E-state index contributed by atoms with van der Waals surface area (Å²) in [4.78, 5) is 24.5. The molecule has 0 amide bonds. The lowest BCUT2D eigenvalue weighted by Crippen LogP contribution is -2.40. The molecule has 1 aliphatic carbocycles. The summed E-state index contributed by atoms with van der Waals surface area (Å²) in [6.07, 6.45) is 3.99. The van der Waals surface area contributed by atoms with Gasteiger partial charge in [-0.2, -0.15) is 0 Å². The van der Waals surface area contributed by atoms with Gasteiger partial charge in [0.15, 0.2) is 0 Å². The Balaban J connectivity index is 2.09. The largest absolute Gasteiger partial charge is 0.481 e. The molecule has 1 aliphatic rings. The molecule has 0 aromatic heterocycles. The molecular weight excluding hydrogens is 304 g/mol. The van der Waals surface area contributed by atoms with Crippen molar-refractivity contribution in [2.75, 3.05) is 0 Å². The van der Waals surface area contributed by atoms with Gasteiger partial charge in [-0.1, -0.05) is 48.7 Å². The van der Waals surface area contributed by atoms with E-state index in [0.717, 1.165) is 36.8 Å². The van der Waals surface area contributed by atoms with Crippen LogP contribution in [0.2, 0.25) is 0 Å². The molecule has 2 rings (SSSR count). The van der Waals surface area contributed by atoms with E-state index in [1.54, 1.807) is 0 Å². The normalized spacial score (nSPS) is 17.2. The van der Waals surface area contributed by atoms with Gasteiger partial charge in [-0.15, -0.1) is 6.58 Å². The van der Waals surface area contributed by atoms with Crippen LogP contribution in [0.3, 0.4) is 0 Å². The predicted octanol–water partition coefficient (Wildman–Crippen LogP) is 4.35. The first-order valence-electron chi connectivity index (χ1n) is 8.51. The topological polar surface area (TPSA) is 63.6 Å². The van der Waals surface area contributed by atoms with Crippen molar-refractivity contribution in [2.24, 2.45) is 11.3 Å². The van der Waals surface area contributed by atoms with Crippen LogP contribution in [0.25, 0.3) is 0 Å². The number of esters is 1. The average Bonchev–Trinajstić information content (AvgIpc) is 3.07. The highest BCUT2D eigenvalue weighted by Gasteiger charge is 2.48. The fourth-order valence-corrected chi connectivity index (χ4v) is 3.74. The Hall–Kier alpha value is -2.10. The molecule has 130 valence electrons. The first-order valence-corrected chi connectivity index (χ1v) is 8.51. The first-order chi connectivity index (χ1) is 11.4. The Morgan fingerprint density at radius 3 is 2.38 bits per heavy atom. The molecule has 1 aromatic rings. The van der Waals surface area contributed by atoms with Crippen LogP contribution in [0.5, 0.6) is 0 Å². The fourth-order valence-electron chi connectivity index (χ4n) is 3.74. The van der Waals surface area contributed by atoms with Crippen LogP contribution in [0.4, 0.5) is 0 Å². The second-order valence-corrected chi connectivity index (χ2v) is 6.90. The van der Waals surface area contributed by atoms with Gasteiger partial charge in [-0.05, 0) is 37.7 Å². The third-order valence-electron chi connectivity index (χ3n) is 4.88. The number of aliphatic carboxylic acids is 1. The number of carboxylic acid groups (broad SMARTS) is 1. The molecule has 4 nitrogen and oxygen atoms in total. The number of allylic oxidation sites excluding steroid dienone is 1. The molecule has 1 fully saturated rings. The highest BCUT2D eigenvalue weighted by atomic mass is 16.5. The Labute approximate surface area is 143 Å². The highest BCUT2D eigenvalue weighted by molar-refractivity contribution is 5.83. The van der Waals surface area contributed by atoms with E-state index in [-0.39, 0.29) is 18.9 Å². The molecule has 0 saturated heterocycles. The number of carboxylic acids is 1. The summed E-state index contributed by atoms with van der Waals surface area (Å²) in [6, 6.07) is 9.41. The summed E-state index contributed by atoms with van der Waals surface area (Å²) in [6.45, 7) is 5.87. The molecule has 1 aromatic carbocycles. The van der Waals surface area contributed by atoms with E-state index in [9.17, 15) is 14.7 Å². The summed E-state index contributed by atoms with van der Waals surface area (Å²) in [5.41, 5.74) is 0.600. The molecule has 0 radical (unpaired) electrons. The zero-order valence-corrected chi connectivity index (χ0v) is 14.3. The summed E-state index contributed by atoms with van der Waals surface area (Å²) in [5, 5.41) is 9.92. The molecular formula is C20H26O4. The number of benzene rings is 1. The Morgan fingerprint density at radius 2 is 1.83 bits per heavy atom. The van der Waals surface area contributed by atoms with Crippen LogP contribution >= 0.6 is 0 Å². The smallest absolute Gasteiger partial charge is 0.310 e. The van der Waals surface area contributed by atoms with Crippen LogP contribution in [0.1, 0.15) is 51.0 Å². The highest BCUT2D eigenvalue weighted by Crippen LogP contribution is 2.46. The SMILES string of the molecule is C=C(C)C[C@@](CC(=O)OCc1ccccc1)(C(=O)O)C1CCCC1. The zero-order valence-electron chi connectivity index (χ0n) is 14.3. The summed E-state index contributed by atoms with van der Waals surface area (Å²) in [5.74, 6) is -1.35. The van der Waals surface area contributed by atoms with Crippen LogP contribution in [0, 0.1) is 11.3 Å². The molecule has 0 unspecified atom stereocenters. The van der Waals surface area contributed by atoms with E-state index < -0.39 is 17.4 Å². The summed E-state index contributed by atoms with van der Waals surface area (Å²) in [7, 11) is 0. The minimum Gasteiger partial charge on any atom is -0.481 e. The third kappa shape index (κ3) is 4.47. The van der Waals surface area contributed by atoms with Crippen molar-refractivity contribution in [1.29, 1.82) is 0 Å². The molecule has 0 bridgehead atoms. The Morgan fingerprint density at radius 1 is 1.21 bits per heavy atom.